The average Bonchev–Trinajstić information content (AvgIpc) is 2.84. The van der Waals surface area contributed by atoms with Crippen LogP contribution in [0, 0.1) is 17.8 Å². The maximum Gasteiger partial charge on any atom is 0.222 e. The second-order valence-corrected chi connectivity index (χ2v) is 7.30. The van der Waals surface area contributed by atoms with Crippen molar-refractivity contribution in [2.24, 2.45) is 17.8 Å². The van der Waals surface area contributed by atoms with E-state index in [-0.39, 0.29) is 5.41 Å². The molecule has 0 spiro atoms. The monoisotopic (exact) mass is 260 g/mol. The molecule has 4 saturated carbocycles. The zero-order valence-corrected chi connectivity index (χ0v) is 11.9. The van der Waals surface area contributed by atoms with Gasteiger partial charge in [0.25, 0.3) is 0 Å². The van der Waals surface area contributed by atoms with E-state index in [2.05, 4.69) is 17.1 Å². The number of unbranched alkanes of at least 4 members (excludes halogenated alkanes) is 1. The topological polar surface area (TPSA) is 38.9 Å². The molecule has 19 heavy (non-hydrogen) atoms. The van der Waals surface area contributed by atoms with Crippen LogP contribution >= 0.6 is 0 Å². The van der Waals surface area contributed by atoms with Crippen LogP contribution in [0.4, 0.5) is 0 Å². The van der Waals surface area contributed by atoms with Crippen LogP contribution in [0.25, 0.3) is 0 Å². The maximum atomic E-state index is 6.05. The Morgan fingerprint density at radius 1 is 1.05 bits per heavy atom. The lowest BCUT2D eigenvalue weighted by Gasteiger charge is -2.55. The van der Waals surface area contributed by atoms with Gasteiger partial charge in [-0.15, -0.1) is 10.2 Å². The molecule has 0 saturated heterocycles. The summed E-state index contributed by atoms with van der Waals surface area (Å²) in [7, 11) is 0. The maximum absolute atomic E-state index is 6.05. The number of aromatic nitrogens is 2. The highest BCUT2D eigenvalue weighted by Gasteiger charge is 2.54. The van der Waals surface area contributed by atoms with Crippen molar-refractivity contribution in [1.29, 1.82) is 0 Å². The van der Waals surface area contributed by atoms with E-state index >= 15 is 0 Å². The Bertz CT molecular complexity index is 430. The first kappa shape index (κ1) is 11.9. The van der Waals surface area contributed by atoms with Gasteiger partial charge in [0.2, 0.25) is 11.8 Å². The van der Waals surface area contributed by atoms with Crippen LogP contribution < -0.4 is 0 Å². The summed E-state index contributed by atoms with van der Waals surface area (Å²) < 4.78 is 6.05. The molecular weight excluding hydrogens is 236 g/mol. The number of aryl methyl sites for hydroxylation is 1. The van der Waals surface area contributed by atoms with Crippen molar-refractivity contribution in [3.8, 4) is 0 Å². The fourth-order valence-corrected chi connectivity index (χ4v) is 5.27. The van der Waals surface area contributed by atoms with Crippen LogP contribution in [-0.4, -0.2) is 10.2 Å². The zero-order valence-electron chi connectivity index (χ0n) is 11.9. The van der Waals surface area contributed by atoms with Gasteiger partial charge in [0, 0.05) is 11.8 Å². The van der Waals surface area contributed by atoms with Crippen LogP contribution in [0.1, 0.15) is 70.1 Å². The van der Waals surface area contributed by atoms with E-state index in [1.807, 2.05) is 0 Å². The molecule has 4 fully saturated rings. The van der Waals surface area contributed by atoms with E-state index in [9.17, 15) is 0 Å². The lowest BCUT2D eigenvalue weighted by Crippen LogP contribution is -2.48. The number of hydrogen-bond acceptors (Lipinski definition) is 3. The van der Waals surface area contributed by atoms with Crippen molar-refractivity contribution >= 4 is 0 Å². The molecule has 4 aliphatic carbocycles. The highest BCUT2D eigenvalue weighted by atomic mass is 16.4. The van der Waals surface area contributed by atoms with Gasteiger partial charge < -0.3 is 4.42 Å². The Morgan fingerprint density at radius 2 is 1.68 bits per heavy atom. The second kappa shape index (κ2) is 4.32. The molecule has 0 atom stereocenters. The molecule has 0 radical (unpaired) electrons. The molecule has 0 N–H and O–H groups in total. The van der Waals surface area contributed by atoms with Gasteiger partial charge in [-0.3, -0.25) is 0 Å². The molecule has 0 aliphatic heterocycles. The summed E-state index contributed by atoms with van der Waals surface area (Å²) in [6.45, 7) is 2.20. The quantitative estimate of drug-likeness (QED) is 0.824. The fraction of sp³-hybridized carbons (Fsp3) is 0.875. The van der Waals surface area contributed by atoms with Crippen LogP contribution in [-0.2, 0) is 11.8 Å². The summed E-state index contributed by atoms with van der Waals surface area (Å²) >= 11 is 0. The van der Waals surface area contributed by atoms with Crippen LogP contribution in [0.2, 0.25) is 0 Å². The van der Waals surface area contributed by atoms with Crippen molar-refractivity contribution in [2.75, 3.05) is 0 Å². The molecule has 0 unspecified atom stereocenters. The summed E-state index contributed by atoms with van der Waals surface area (Å²) in [5.41, 5.74) is 0.270. The minimum atomic E-state index is 0.270. The van der Waals surface area contributed by atoms with Gasteiger partial charge in [0.15, 0.2) is 0 Å². The Kier molecular flexibility index (Phi) is 2.71. The lowest BCUT2D eigenvalue weighted by atomic mass is 9.49. The van der Waals surface area contributed by atoms with E-state index in [0.717, 1.165) is 42.4 Å². The highest BCUT2D eigenvalue weighted by Crippen LogP contribution is 2.60. The van der Waals surface area contributed by atoms with Crippen molar-refractivity contribution in [3.63, 3.8) is 0 Å². The molecule has 3 nitrogen and oxygen atoms in total. The number of rotatable bonds is 4. The minimum Gasteiger partial charge on any atom is -0.425 e. The van der Waals surface area contributed by atoms with Gasteiger partial charge in [-0.2, -0.15) is 0 Å². The SMILES string of the molecule is CCCCc1nnc(C23CC4CC(CC(C4)C2)C3)o1. The van der Waals surface area contributed by atoms with Crippen molar-refractivity contribution < 1.29 is 4.42 Å². The molecule has 4 bridgehead atoms. The van der Waals surface area contributed by atoms with Gasteiger partial charge in [-0.1, -0.05) is 13.3 Å². The Hall–Kier alpha value is -0.860. The second-order valence-electron chi connectivity index (χ2n) is 7.30. The molecule has 1 aromatic rings. The summed E-state index contributed by atoms with van der Waals surface area (Å²) in [6, 6.07) is 0. The third-order valence-corrected chi connectivity index (χ3v) is 5.70. The number of hydrogen-bond donors (Lipinski definition) is 0. The molecule has 0 amide bonds. The van der Waals surface area contributed by atoms with Gasteiger partial charge in [-0.25, -0.2) is 0 Å². The van der Waals surface area contributed by atoms with Gasteiger partial charge in [-0.05, 0) is 62.7 Å². The van der Waals surface area contributed by atoms with Crippen molar-refractivity contribution in [3.05, 3.63) is 11.8 Å². The summed E-state index contributed by atoms with van der Waals surface area (Å²) in [5, 5.41) is 8.74. The predicted molar refractivity (Wildman–Crippen MR) is 72.8 cm³/mol. The van der Waals surface area contributed by atoms with Crippen LogP contribution in [0.3, 0.4) is 0 Å². The van der Waals surface area contributed by atoms with Crippen LogP contribution in [0.15, 0.2) is 4.42 Å². The Balaban J connectivity index is 1.59. The van der Waals surface area contributed by atoms with E-state index in [4.69, 9.17) is 4.42 Å². The van der Waals surface area contributed by atoms with E-state index in [1.165, 1.54) is 44.9 Å². The fourth-order valence-electron chi connectivity index (χ4n) is 5.27. The van der Waals surface area contributed by atoms with Gasteiger partial charge in [0.05, 0.1) is 0 Å². The third kappa shape index (κ3) is 1.93. The third-order valence-electron chi connectivity index (χ3n) is 5.70. The smallest absolute Gasteiger partial charge is 0.222 e. The van der Waals surface area contributed by atoms with Gasteiger partial charge >= 0.3 is 0 Å². The average molecular weight is 260 g/mol. The minimum absolute atomic E-state index is 0.270. The first-order chi connectivity index (χ1) is 9.27. The Labute approximate surface area is 115 Å². The van der Waals surface area contributed by atoms with Crippen molar-refractivity contribution in [1.82, 2.24) is 10.2 Å². The van der Waals surface area contributed by atoms with Gasteiger partial charge in [0.1, 0.15) is 0 Å². The molecule has 3 heteroatoms. The standard InChI is InChI=1S/C16H24N2O/c1-2-3-4-14-17-18-15(19-14)16-8-11-5-12(9-16)7-13(6-11)10-16/h11-13H,2-10H2,1H3. The first-order valence-corrected chi connectivity index (χ1v) is 8.10. The van der Waals surface area contributed by atoms with Crippen molar-refractivity contribution in [2.45, 2.75) is 70.1 Å². The molecular formula is C16H24N2O. The molecule has 104 valence electrons. The van der Waals surface area contributed by atoms with E-state index in [1.54, 1.807) is 0 Å². The van der Waals surface area contributed by atoms with E-state index in [0.29, 0.717) is 0 Å². The van der Waals surface area contributed by atoms with E-state index < -0.39 is 0 Å². The highest BCUT2D eigenvalue weighted by molar-refractivity contribution is 5.14. The molecule has 0 aromatic carbocycles. The normalized spacial score (nSPS) is 39.9. The molecule has 5 rings (SSSR count). The molecule has 1 heterocycles. The zero-order chi connectivity index (χ0) is 12.9. The molecule has 1 aromatic heterocycles. The lowest BCUT2D eigenvalue weighted by molar-refractivity contribution is -0.0182. The summed E-state index contributed by atoms with van der Waals surface area (Å²) in [4.78, 5) is 0. The predicted octanol–water partition coefficient (Wildman–Crippen LogP) is 3.88. The molecule has 4 aliphatic rings. The largest absolute Gasteiger partial charge is 0.425 e. The summed E-state index contributed by atoms with van der Waals surface area (Å²) in [6.07, 6.45) is 11.6. The summed E-state index contributed by atoms with van der Waals surface area (Å²) in [5.74, 6) is 4.68. The van der Waals surface area contributed by atoms with Crippen LogP contribution in [0.5, 0.6) is 0 Å². The first-order valence-electron chi connectivity index (χ1n) is 8.10. The number of nitrogens with zero attached hydrogens (tertiary/aromatic N) is 2. The Morgan fingerprint density at radius 3 is 2.26 bits per heavy atom.